The summed E-state index contributed by atoms with van der Waals surface area (Å²) >= 11 is 6.59. The lowest BCUT2D eigenvalue weighted by Crippen LogP contribution is -2.08. The molecule has 0 radical (unpaired) electrons. The zero-order chi connectivity index (χ0) is 31.2. The monoisotopic (exact) mass is 617 g/mol. The molecule has 8 aromatic rings. The van der Waals surface area contributed by atoms with Crippen LogP contribution in [0.25, 0.3) is 72.9 Å². The first-order chi connectivity index (χ1) is 22.6. The highest BCUT2D eigenvalue weighted by atomic mass is 35.5. The zero-order valence-corrected chi connectivity index (χ0v) is 26.0. The van der Waals surface area contributed by atoms with Crippen molar-refractivity contribution in [3.63, 3.8) is 0 Å². The van der Waals surface area contributed by atoms with Crippen LogP contribution in [0.2, 0.25) is 5.02 Å². The number of halogens is 1. The SMILES string of the molecule is C/C=C\c1oc2c(Cl)cccc2c1C(C)c1nc(-c2ccc(-c3ccccc3)cc2)nc(-c2cccc3oc4ccccc4c23)n1. The number of furan rings is 2. The van der Waals surface area contributed by atoms with Crippen LogP contribution in [0.4, 0.5) is 0 Å². The van der Waals surface area contributed by atoms with Crippen LogP contribution in [0.1, 0.15) is 36.9 Å². The molecule has 8 rings (SSSR count). The van der Waals surface area contributed by atoms with Crippen molar-refractivity contribution < 1.29 is 8.83 Å². The molecular weight excluding hydrogens is 590 g/mol. The van der Waals surface area contributed by atoms with Crippen LogP contribution in [0.3, 0.4) is 0 Å². The second-order valence-corrected chi connectivity index (χ2v) is 11.7. The molecule has 5 aromatic carbocycles. The van der Waals surface area contributed by atoms with Gasteiger partial charge in [-0.3, -0.25) is 0 Å². The third kappa shape index (κ3) is 4.77. The number of hydrogen-bond acceptors (Lipinski definition) is 5. The Hall–Kier alpha value is -5.52. The minimum atomic E-state index is -0.240. The quantitative estimate of drug-likeness (QED) is 0.186. The largest absolute Gasteiger partial charge is 0.456 e. The first-order valence-corrected chi connectivity index (χ1v) is 15.6. The number of para-hydroxylation sites is 2. The molecule has 0 saturated heterocycles. The first-order valence-electron chi connectivity index (χ1n) is 15.2. The van der Waals surface area contributed by atoms with E-state index in [1.807, 2.05) is 85.8 Å². The molecule has 1 atom stereocenters. The van der Waals surface area contributed by atoms with Gasteiger partial charge in [-0.2, -0.15) is 0 Å². The molecule has 3 aromatic heterocycles. The molecule has 0 bridgehead atoms. The molecule has 0 saturated carbocycles. The minimum Gasteiger partial charge on any atom is -0.456 e. The van der Waals surface area contributed by atoms with Gasteiger partial charge >= 0.3 is 0 Å². The van der Waals surface area contributed by atoms with E-state index < -0.39 is 0 Å². The van der Waals surface area contributed by atoms with E-state index >= 15 is 0 Å². The summed E-state index contributed by atoms with van der Waals surface area (Å²) in [5.74, 6) is 2.29. The normalized spacial score (nSPS) is 12.5. The number of allylic oxidation sites excluding steroid dienone is 1. The van der Waals surface area contributed by atoms with E-state index in [4.69, 9.17) is 35.4 Å². The van der Waals surface area contributed by atoms with Crippen molar-refractivity contribution in [2.24, 2.45) is 0 Å². The number of fused-ring (bicyclic) bond motifs is 4. The molecule has 46 heavy (non-hydrogen) atoms. The molecule has 222 valence electrons. The average molecular weight is 618 g/mol. The third-order valence-electron chi connectivity index (χ3n) is 8.42. The van der Waals surface area contributed by atoms with Gasteiger partial charge in [0.15, 0.2) is 17.2 Å². The summed E-state index contributed by atoms with van der Waals surface area (Å²) in [7, 11) is 0. The van der Waals surface area contributed by atoms with Gasteiger partial charge in [-0.05, 0) is 42.3 Å². The Balaban J connectivity index is 1.35. The second-order valence-electron chi connectivity index (χ2n) is 11.3. The second kappa shape index (κ2) is 11.4. The van der Waals surface area contributed by atoms with Crippen molar-refractivity contribution in [3.05, 3.63) is 144 Å². The lowest BCUT2D eigenvalue weighted by molar-refractivity contribution is 0.594. The van der Waals surface area contributed by atoms with E-state index in [0.717, 1.165) is 60.9 Å². The molecule has 6 heteroatoms. The number of benzene rings is 5. The molecule has 5 nitrogen and oxygen atoms in total. The molecule has 0 aliphatic heterocycles. The predicted molar refractivity (Wildman–Crippen MR) is 187 cm³/mol. The van der Waals surface area contributed by atoms with E-state index in [0.29, 0.717) is 28.1 Å². The summed E-state index contributed by atoms with van der Waals surface area (Å²) in [5.41, 5.74) is 7.30. The third-order valence-corrected chi connectivity index (χ3v) is 8.72. The molecule has 1 unspecified atom stereocenters. The van der Waals surface area contributed by atoms with Gasteiger partial charge in [-0.25, -0.2) is 15.0 Å². The molecule has 0 aliphatic rings. The summed E-state index contributed by atoms with van der Waals surface area (Å²) in [6.45, 7) is 4.07. The van der Waals surface area contributed by atoms with Gasteiger partial charge in [0.25, 0.3) is 0 Å². The number of hydrogen-bond donors (Lipinski definition) is 0. The molecular formula is C40H28ClN3O2. The molecule has 0 N–H and O–H groups in total. The Morgan fingerprint density at radius 3 is 2.13 bits per heavy atom. The standard InChI is InChI=1S/C40H28ClN3O2/c1-3-11-33-35(29-15-9-17-31(41)37(29)46-33)24(2)38-42-39(27-22-20-26(21-23-27)25-12-5-4-6-13-25)44-40(43-38)30-16-10-19-34-36(30)28-14-7-8-18-32(28)45-34/h3-24H,1-2H3/b11-3-. The van der Waals surface area contributed by atoms with Crippen molar-refractivity contribution >= 4 is 50.6 Å². The molecule has 0 fully saturated rings. The van der Waals surface area contributed by atoms with Crippen LogP contribution >= 0.6 is 11.6 Å². The molecule has 0 amide bonds. The Kier molecular flexibility index (Phi) is 6.96. The highest BCUT2D eigenvalue weighted by molar-refractivity contribution is 6.35. The van der Waals surface area contributed by atoms with Gasteiger partial charge in [0.1, 0.15) is 22.8 Å². The maximum Gasteiger partial charge on any atom is 0.164 e. The van der Waals surface area contributed by atoms with Crippen molar-refractivity contribution in [1.29, 1.82) is 0 Å². The Morgan fingerprint density at radius 2 is 1.30 bits per heavy atom. The minimum absolute atomic E-state index is 0.240. The first kappa shape index (κ1) is 28.0. The Bertz CT molecular complexity index is 2410. The highest BCUT2D eigenvalue weighted by Crippen LogP contribution is 2.40. The summed E-state index contributed by atoms with van der Waals surface area (Å²) in [6, 6.07) is 38.6. The van der Waals surface area contributed by atoms with Gasteiger partial charge in [-0.1, -0.05) is 122 Å². The van der Waals surface area contributed by atoms with Crippen LogP contribution in [0.5, 0.6) is 0 Å². The van der Waals surface area contributed by atoms with Crippen LogP contribution in [-0.2, 0) is 0 Å². The number of nitrogens with zero attached hydrogens (tertiary/aromatic N) is 3. The van der Waals surface area contributed by atoms with E-state index in [1.54, 1.807) is 0 Å². The zero-order valence-electron chi connectivity index (χ0n) is 25.2. The average Bonchev–Trinajstić information content (AvgIpc) is 3.67. The number of aromatic nitrogens is 3. The summed E-state index contributed by atoms with van der Waals surface area (Å²) in [6.07, 6.45) is 3.93. The fourth-order valence-electron chi connectivity index (χ4n) is 6.21. The van der Waals surface area contributed by atoms with Gasteiger partial charge in [0.05, 0.1) is 5.02 Å². The fourth-order valence-corrected chi connectivity index (χ4v) is 6.43. The Labute approximate surface area is 270 Å². The smallest absolute Gasteiger partial charge is 0.164 e. The van der Waals surface area contributed by atoms with Gasteiger partial charge in [-0.15, -0.1) is 0 Å². The van der Waals surface area contributed by atoms with Crippen molar-refractivity contribution in [3.8, 4) is 33.9 Å². The highest BCUT2D eigenvalue weighted by Gasteiger charge is 2.25. The van der Waals surface area contributed by atoms with E-state index in [1.165, 1.54) is 0 Å². The van der Waals surface area contributed by atoms with Crippen molar-refractivity contribution in [2.75, 3.05) is 0 Å². The summed E-state index contributed by atoms with van der Waals surface area (Å²) in [4.78, 5) is 15.3. The van der Waals surface area contributed by atoms with Gasteiger partial charge in [0.2, 0.25) is 0 Å². The maximum atomic E-state index is 6.59. The summed E-state index contributed by atoms with van der Waals surface area (Å²) < 4.78 is 12.5. The van der Waals surface area contributed by atoms with Crippen LogP contribution in [0, 0.1) is 0 Å². The topological polar surface area (TPSA) is 65.0 Å². The Morgan fingerprint density at radius 1 is 0.630 bits per heavy atom. The predicted octanol–water partition coefficient (Wildman–Crippen LogP) is 11.4. The molecule has 0 spiro atoms. The van der Waals surface area contributed by atoms with E-state index in [9.17, 15) is 0 Å². The van der Waals surface area contributed by atoms with Crippen LogP contribution < -0.4 is 0 Å². The molecule has 3 heterocycles. The van der Waals surface area contributed by atoms with Gasteiger partial charge < -0.3 is 8.83 Å². The van der Waals surface area contributed by atoms with E-state index in [2.05, 4.69) is 55.5 Å². The van der Waals surface area contributed by atoms with Gasteiger partial charge in [0, 0.05) is 38.8 Å². The van der Waals surface area contributed by atoms with Crippen molar-refractivity contribution in [2.45, 2.75) is 19.8 Å². The van der Waals surface area contributed by atoms with Crippen LogP contribution in [0.15, 0.2) is 130 Å². The number of rotatable bonds is 6. The fraction of sp³-hybridized carbons (Fsp3) is 0.0750. The van der Waals surface area contributed by atoms with Crippen molar-refractivity contribution in [1.82, 2.24) is 15.0 Å². The van der Waals surface area contributed by atoms with E-state index in [-0.39, 0.29) is 5.92 Å². The maximum absolute atomic E-state index is 6.59. The van der Waals surface area contributed by atoms with Crippen LogP contribution in [-0.4, -0.2) is 15.0 Å². The lowest BCUT2D eigenvalue weighted by atomic mass is 9.96. The molecule has 0 aliphatic carbocycles. The lowest BCUT2D eigenvalue weighted by Gasteiger charge is -2.14. The summed E-state index contributed by atoms with van der Waals surface area (Å²) in [5, 5.41) is 3.49.